The molecule has 0 aliphatic carbocycles. The molecule has 1 aliphatic heterocycles. The first-order valence-corrected chi connectivity index (χ1v) is 11.9. The summed E-state index contributed by atoms with van der Waals surface area (Å²) in [5.74, 6) is -0.712. The zero-order chi connectivity index (χ0) is 22.5. The average Bonchev–Trinajstić information content (AvgIpc) is 3.15. The van der Waals surface area contributed by atoms with Gasteiger partial charge in [-0.1, -0.05) is 36.4 Å². The van der Waals surface area contributed by atoms with Crippen LogP contribution in [-0.4, -0.2) is 23.6 Å². The van der Waals surface area contributed by atoms with Gasteiger partial charge >= 0.3 is 0 Å². The summed E-state index contributed by atoms with van der Waals surface area (Å²) in [6.45, 7) is 0. The highest BCUT2D eigenvalue weighted by Gasteiger charge is 2.24. The molecule has 0 aromatic heterocycles. The van der Waals surface area contributed by atoms with Gasteiger partial charge in [-0.25, -0.2) is 9.38 Å². The van der Waals surface area contributed by atoms with Crippen molar-refractivity contribution in [3.8, 4) is 11.1 Å². The summed E-state index contributed by atoms with van der Waals surface area (Å²) in [6.07, 6.45) is 4.74. The van der Waals surface area contributed by atoms with Crippen LogP contribution >= 0.6 is 23.5 Å². The predicted octanol–water partition coefficient (Wildman–Crippen LogP) is 5.85. The minimum Gasteiger partial charge on any atom is -0.303 e. The van der Waals surface area contributed by atoms with Crippen LogP contribution in [0.3, 0.4) is 0 Å². The maximum Gasteiger partial charge on any atom is 0.264 e. The monoisotopic (exact) mass is 462 g/mol. The van der Waals surface area contributed by atoms with Crippen molar-refractivity contribution in [2.24, 2.45) is 4.99 Å². The highest BCUT2D eigenvalue weighted by Crippen LogP contribution is 2.30. The molecule has 1 amide bonds. The molecule has 160 valence electrons. The maximum atomic E-state index is 14.8. The summed E-state index contributed by atoms with van der Waals surface area (Å²) in [5, 5.41) is 3.13. The average molecular weight is 463 g/mol. The molecular formula is C25H19FN2O2S2. The van der Waals surface area contributed by atoms with E-state index in [1.807, 2.05) is 48.7 Å². The number of thioether (sulfide) groups is 2. The van der Waals surface area contributed by atoms with Gasteiger partial charge in [0.15, 0.2) is 5.17 Å². The van der Waals surface area contributed by atoms with E-state index in [-0.39, 0.29) is 5.91 Å². The summed E-state index contributed by atoms with van der Waals surface area (Å²) < 4.78 is 14.8. The standard InChI is InChI=1S/C25H19FN2O2S2/c1-31-21-10-6-17(7-11-21)18-4-5-19(22(26)14-18)15-23-24(30)28-25(32-23)27-20-8-2-16(3-9-20)12-13-29/h2-11,13-15H,12H2,1H3,(H,27,28,30). The number of benzene rings is 3. The molecule has 0 atom stereocenters. The van der Waals surface area contributed by atoms with Gasteiger partial charge in [0.05, 0.1) is 10.6 Å². The Morgan fingerprint density at radius 2 is 1.75 bits per heavy atom. The number of nitrogens with zero attached hydrogens (tertiary/aromatic N) is 1. The van der Waals surface area contributed by atoms with E-state index in [1.54, 1.807) is 30.0 Å². The van der Waals surface area contributed by atoms with E-state index >= 15 is 0 Å². The number of nitrogens with one attached hydrogen (secondary N) is 1. The number of hydrogen-bond donors (Lipinski definition) is 1. The lowest BCUT2D eigenvalue weighted by Crippen LogP contribution is -2.19. The first kappa shape index (κ1) is 22.0. The van der Waals surface area contributed by atoms with E-state index in [9.17, 15) is 14.0 Å². The van der Waals surface area contributed by atoms with Gasteiger partial charge in [0, 0.05) is 16.9 Å². The number of aldehydes is 1. The zero-order valence-electron chi connectivity index (χ0n) is 17.2. The van der Waals surface area contributed by atoms with Crippen LogP contribution in [0.4, 0.5) is 10.1 Å². The second-order valence-electron chi connectivity index (χ2n) is 6.98. The van der Waals surface area contributed by atoms with Gasteiger partial charge in [-0.15, -0.1) is 11.8 Å². The number of carbonyl (C=O) groups excluding carboxylic acids is 2. The second-order valence-corrected chi connectivity index (χ2v) is 8.89. The molecule has 1 saturated heterocycles. The summed E-state index contributed by atoms with van der Waals surface area (Å²) >= 11 is 2.82. The van der Waals surface area contributed by atoms with E-state index in [1.165, 1.54) is 12.1 Å². The van der Waals surface area contributed by atoms with Crippen molar-refractivity contribution in [3.05, 3.63) is 88.6 Å². The number of amidine groups is 1. The number of rotatable bonds is 6. The largest absolute Gasteiger partial charge is 0.303 e. The van der Waals surface area contributed by atoms with Crippen LogP contribution in [0.25, 0.3) is 17.2 Å². The minimum atomic E-state index is -0.395. The van der Waals surface area contributed by atoms with Gasteiger partial charge in [-0.3, -0.25) is 4.79 Å². The molecular weight excluding hydrogens is 443 g/mol. The molecule has 1 N–H and O–H groups in total. The topological polar surface area (TPSA) is 58.5 Å². The molecule has 1 fully saturated rings. The fourth-order valence-electron chi connectivity index (χ4n) is 3.15. The van der Waals surface area contributed by atoms with E-state index in [0.29, 0.717) is 27.7 Å². The summed E-state index contributed by atoms with van der Waals surface area (Å²) in [5.41, 5.74) is 3.61. The molecule has 1 heterocycles. The number of amides is 1. The van der Waals surface area contributed by atoms with Crippen LogP contribution in [-0.2, 0) is 16.0 Å². The van der Waals surface area contributed by atoms with Crippen LogP contribution in [0.15, 0.2) is 81.5 Å². The molecule has 4 rings (SSSR count). The van der Waals surface area contributed by atoms with Crippen molar-refractivity contribution in [2.45, 2.75) is 11.3 Å². The van der Waals surface area contributed by atoms with Gasteiger partial charge in [-0.05, 0) is 71.1 Å². The molecule has 0 radical (unpaired) electrons. The number of carbonyl (C=O) groups is 2. The molecule has 0 unspecified atom stereocenters. The van der Waals surface area contributed by atoms with Gasteiger partial charge in [0.2, 0.25) is 0 Å². The Balaban J connectivity index is 1.51. The van der Waals surface area contributed by atoms with E-state index < -0.39 is 5.82 Å². The summed E-state index contributed by atoms with van der Waals surface area (Å²) in [7, 11) is 0. The van der Waals surface area contributed by atoms with E-state index in [4.69, 9.17) is 0 Å². The first-order valence-electron chi connectivity index (χ1n) is 9.82. The number of aliphatic imine (C=N–C) groups is 1. The lowest BCUT2D eigenvalue weighted by molar-refractivity contribution is -0.115. The molecule has 7 heteroatoms. The molecule has 3 aromatic carbocycles. The maximum absolute atomic E-state index is 14.8. The Kier molecular flexibility index (Phi) is 6.87. The molecule has 1 aliphatic rings. The van der Waals surface area contributed by atoms with Crippen molar-refractivity contribution < 1.29 is 14.0 Å². The van der Waals surface area contributed by atoms with Crippen LogP contribution in [0.5, 0.6) is 0 Å². The zero-order valence-corrected chi connectivity index (χ0v) is 18.8. The van der Waals surface area contributed by atoms with Crippen LogP contribution < -0.4 is 5.32 Å². The molecule has 0 bridgehead atoms. The number of hydrogen-bond acceptors (Lipinski definition) is 5. The summed E-state index contributed by atoms with van der Waals surface area (Å²) in [4.78, 5) is 28.9. The van der Waals surface area contributed by atoms with Gasteiger partial charge in [0.1, 0.15) is 12.1 Å². The SMILES string of the molecule is CSc1ccc(-c2ccc(C=C3SC(=Nc4ccc(CC=O)cc4)NC3=O)c(F)c2)cc1. The van der Waals surface area contributed by atoms with E-state index in [2.05, 4.69) is 10.3 Å². The van der Waals surface area contributed by atoms with Crippen LogP contribution in [0.2, 0.25) is 0 Å². The fraction of sp³-hybridized carbons (Fsp3) is 0.0800. The van der Waals surface area contributed by atoms with Crippen molar-refractivity contribution in [1.29, 1.82) is 0 Å². The quantitative estimate of drug-likeness (QED) is 0.284. The highest BCUT2D eigenvalue weighted by atomic mass is 32.2. The van der Waals surface area contributed by atoms with E-state index in [0.717, 1.165) is 39.6 Å². The molecule has 0 saturated carbocycles. The third-order valence-electron chi connectivity index (χ3n) is 4.85. The first-order chi connectivity index (χ1) is 15.6. The Labute approximate surface area is 194 Å². The third kappa shape index (κ3) is 5.18. The summed E-state index contributed by atoms with van der Waals surface area (Å²) in [6, 6.07) is 20.1. The highest BCUT2D eigenvalue weighted by molar-refractivity contribution is 8.18. The van der Waals surface area contributed by atoms with Gasteiger partial charge in [0.25, 0.3) is 5.91 Å². The molecule has 3 aromatic rings. The molecule has 0 spiro atoms. The Hall–Kier alpha value is -3.16. The lowest BCUT2D eigenvalue weighted by atomic mass is 10.0. The smallest absolute Gasteiger partial charge is 0.264 e. The lowest BCUT2D eigenvalue weighted by Gasteiger charge is -2.05. The Morgan fingerprint density at radius 3 is 2.41 bits per heavy atom. The number of halogens is 1. The fourth-order valence-corrected chi connectivity index (χ4v) is 4.39. The normalized spacial score (nSPS) is 15.9. The Morgan fingerprint density at radius 1 is 1.03 bits per heavy atom. The molecule has 4 nitrogen and oxygen atoms in total. The van der Waals surface area contributed by atoms with Crippen LogP contribution in [0.1, 0.15) is 11.1 Å². The second kappa shape index (κ2) is 9.97. The van der Waals surface area contributed by atoms with Crippen molar-refractivity contribution >= 4 is 52.6 Å². The van der Waals surface area contributed by atoms with Gasteiger partial charge < -0.3 is 10.1 Å². The van der Waals surface area contributed by atoms with Crippen molar-refractivity contribution in [1.82, 2.24) is 5.32 Å². The van der Waals surface area contributed by atoms with Crippen molar-refractivity contribution in [3.63, 3.8) is 0 Å². The van der Waals surface area contributed by atoms with Gasteiger partial charge in [-0.2, -0.15) is 0 Å². The van der Waals surface area contributed by atoms with Crippen molar-refractivity contribution in [2.75, 3.05) is 6.26 Å². The Bertz CT molecular complexity index is 1220. The predicted molar refractivity (Wildman–Crippen MR) is 131 cm³/mol. The minimum absolute atomic E-state index is 0.317. The third-order valence-corrected chi connectivity index (χ3v) is 6.50. The molecule has 32 heavy (non-hydrogen) atoms. The van der Waals surface area contributed by atoms with Crippen LogP contribution in [0, 0.1) is 5.82 Å².